The van der Waals surface area contributed by atoms with Gasteiger partial charge in [0.25, 0.3) is 0 Å². The highest BCUT2D eigenvalue weighted by Crippen LogP contribution is 2.37. The summed E-state index contributed by atoms with van der Waals surface area (Å²) in [6.07, 6.45) is 6.49. The average molecular weight is 180 g/mol. The molecule has 0 saturated carbocycles. The minimum absolute atomic E-state index is 0.0710. The zero-order valence-corrected chi connectivity index (χ0v) is 9.04. The Labute approximate surface area is 81.2 Å². The molecule has 0 fully saturated rings. The van der Waals surface area contributed by atoms with Crippen LogP contribution < -0.4 is 0 Å². The lowest BCUT2D eigenvalue weighted by Crippen LogP contribution is -2.27. The molecule has 74 valence electrons. The first-order valence-electron chi connectivity index (χ1n) is 4.99. The van der Waals surface area contributed by atoms with E-state index in [4.69, 9.17) is 0 Å². The van der Waals surface area contributed by atoms with Gasteiger partial charge >= 0.3 is 0 Å². The normalized spacial score (nSPS) is 28.8. The predicted octanol–water partition coefficient (Wildman–Crippen LogP) is 2.77. The molecule has 1 aliphatic rings. The van der Waals surface area contributed by atoms with E-state index in [0.29, 0.717) is 11.8 Å². The lowest BCUT2D eigenvalue weighted by molar-refractivity contribution is 0.176. The van der Waals surface area contributed by atoms with Gasteiger partial charge in [0.15, 0.2) is 0 Å². The van der Waals surface area contributed by atoms with Gasteiger partial charge in [0.05, 0.1) is 6.61 Å². The lowest BCUT2D eigenvalue weighted by Gasteiger charge is -2.34. The van der Waals surface area contributed by atoms with Crippen LogP contribution in [0.4, 0.5) is 0 Å². The van der Waals surface area contributed by atoms with Gasteiger partial charge in [0.2, 0.25) is 0 Å². The molecule has 0 aromatic rings. The fourth-order valence-corrected chi connectivity index (χ4v) is 1.87. The first kappa shape index (κ1) is 10.5. The molecule has 0 aromatic carbocycles. The third kappa shape index (κ3) is 2.02. The van der Waals surface area contributed by atoms with Crippen molar-refractivity contribution >= 4 is 0 Å². The Bertz CT molecular complexity index is 236. The van der Waals surface area contributed by atoms with Crippen LogP contribution in [0, 0.1) is 17.3 Å². The van der Waals surface area contributed by atoms with Crippen molar-refractivity contribution in [3.8, 4) is 0 Å². The molecule has 0 saturated heterocycles. The van der Waals surface area contributed by atoms with Crippen LogP contribution in [0.5, 0.6) is 0 Å². The smallest absolute Gasteiger partial charge is 0.0519 e. The van der Waals surface area contributed by atoms with Crippen molar-refractivity contribution < 1.29 is 5.11 Å². The first-order valence-corrected chi connectivity index (χ1v) is 4.99. The number of allylic oxidation sites excluding steroid dienone is 3. The van der Waals surface area contributed by atoms with E-state index in [0.717, 1.165) is 0 Å². The highest BCUT2D eigenvalue weighted by Gasteiger charge is 2.29. The molecule has 0 aromatic heterocycles. The molecule has 2 unspecified atom stereocenters. The Morgan fingerprint density at radius 2 is 2.00 bits per heavy atom. The van der Waals surface area contributed by atoms with E-state index in [1.807, 2.05) is 0 Å². The van der Waals surface area contributed by atoms with Crippen molar-refractivity contribution in [2.75, 3.05) is 6.61 Å². The first-order chi connectivity index (χ1) is 5.99. The van der Waals surface area contributed by atoms with Crippen LogP contribution in [-0.4, -0.2) is 11.7 Å². The molecule has 0 spiro atoms. The van der Waals surface area contributed by atoms with Crippen molar-refractivity contribution in [1.82, 2.24) is 0 Å². The maximum Gasteiger partial charge on any atom is 0.0519 e. The van der Waals surface area contributed by atoms with Crippen LogP contribution in [0.3, 0.4) is 0 Å². The maximum atomic E-state index is 9.29. The van der Waals surface area contributed by atoms with Gasteiger partial charge in [0, 0.05) is 5.41 Å². The van der Waals surface area contributed by atoms with Crippen molar-refractivity contribution in [3.05, 3.63) is 23.8 Å². The molecule has 1 heteroatoms. The summed E-state index contributed by atoms with van der Waals surface area (Å²) in [5.41, 5.74) is 1.29. The van der Waals surface area contributed by atoms with Gasteiger partial charge in [-0.05, 0) is 11.8 Å². The summed E-state index contributed by atoms with van der Waals surface area (Å²) in [5, 5.41) is 9.29. The molecule has 0 heterocycles. The van der Waals surface area contributed by atoms with Gasteiger partial charge in [0.1, 0.15) is 0 Å². The molecule has 1 rings (SSSR count). The van der Waals surface area contributed by atoms with Gasteiger partial charge in [-0.25, -0.2) is 0 Å². The quantitative estimate of drug-likeness (QED) is 0.692. The highest BCUT2D eigenvalue weighted by atomic mass is 16.3. The standard InChI is InChI=1S/C12H20O/c1-9-6-5-7-11(10(9)2)12(3,4)8-13/h5-7,9-10,13H,8H2,1-4H3. The van der Waals surface area contributed by atoms with Gasteiger partial charge in [-0.2, -0.15) is 0 Å². The van der Waals surface area contributed by atoms with E-state index in [2.05, 4.69) is 45.9 Å². The van der Waals surface area contributed by atoms with Crippen molar-refractivity contribution in [2.24, 2.45) is 17.3 Å². The summed E-state index contributed by atoms with van der Waals surface area (Å²) in [6.45, 7) is 8.88. The second-order valence-electron chi connectivity index (χ2n) is 4.70. The largest absolute Gasteiger partial charge is 0.395 e. The second kappa shape index (κ2) is 3.67. The molecular formula is C12H20O. The molecule has 0 radical (unpaired) electrons. The summed E-state index contributed by atoms with van der Waals surface area (Å²) < 4.78 is 0. The van der Waals surface area contributed by atoms with Gasteiger partial charge in [-0.15, -0.1) is 0 Å². The predicted molar refractivity (Wildman–Crippen MR) is 56.4 cm³/mol. The van der Waals surface area contributed by atoms with E-state index in [9.17, 15) is 5.11 Å². The lowest BCUT2D eigenvalue weighted by atomic mass is 9.72. The molecule has 2 atom stereocenters. The molecule has 1 aliphatic carbocycles. The summed E-state index contributed by atoms with van der Waals surface area (Å²) in [5.74, 6) is 1.14. The van der Waals surface area contributed by atoms with Crippen LogP contribution in [-0.2, 0) is 0 Å². The zero-order valence-electron chi connectivity index (χ0n) is 9.04. The molecule has 1 N–H and O–H groups in total. The molecule has 0 aliphatic heterocycles. The Hall–Kier alpha value is -0.560. The number of rotatable bonds is 2. The van der Waals surface area contributed by atoms with Gasteiger partial charge < -0.3 is 5.11 Å². The third-order valence-electron chi connectivity index (χ3n) is 3.15. The molecular weight excluding hydrogens is 160 g/mol. The zero-order chi connectivity index (χ0) is 10.1. The molecule has 0 amide bonds. The maximum absolute atomic E-state index is 9.29. The summed E-state index contributed by atoms with van der Waals surface area (Å²) >= 11 is 0. The summed E-state index contributed by atoms with van der Waals surface area (Å²) in [7, 11) is 0. The van der Waals surface area contributed by atoms with E-state index in [1.54, 1.807) is 0 Å². The van der Waals surface area contributed by atoms with E-state index >= 15 is 0 Å². The number of hydrogen-bond acceptors (Lipinski definition) is 1. The van der Waals surface area contributed by atoms with Crippen LogP contribution in [0.25, 0.3) is 0 Å². The minimum atomic E-state index is -0.0710. The van der Waals surface area contributed by atoms with Gasteiger partial charge in [-0.1, -0.05) is 51.5 Å². The van der Waals surface area contributed by atoms with Crippen LogP contribution in [0.1, 0.15) is 27.7 Å². The van der Waals surface area contributed by atoms with Crippen molar-refractivity contribution in [1.29, 1.82) is 0 Å². The SMILES string of the molecule is CC1C=CC=C(C(C)(C)CO)C1C. The van der Waals surface area contributed by atoms with Crippen LogP contribution >= 0.6 is 0 Å². The van der Waals surface area contributed by atoms with Crippen LogP contribution in [0.2, 0.25) is 0 Å². The minimum Gasteiger partial charge on any atom is -0.395 e. The average Bonchev–Trinajstić information content (AvgIpc) is 2.09. The Kier molecular flexibility index (Phi) is 2.97. The number of aliphatic hydroxyl groups is 1. The molecule has 1 nitrogen and oxygen atoms in total. The Balaban J connectivity index is 2.91. The van der Waals surface area contributed by atoms with Gasteiger partial charge in [-0.3, -0.25) is 0 Å². The van der Waals surface area contributed by atoms with E-state index < -0.39 is 0 Å². The summed E-state index contributed by atoms with van der Waals surface area (Å²) in [4.78, 5) is 0. The molecule has 0 bridgehead atoms. The van der Waals surface area contributed by atoms with E-state index in [1.165, 1.54) is 5.57 Å². The van der Waals surface area contributed by atoms with E-state index in [-0.39, 0.29) is 12.0 Å². The fraction of sp³-hybridized carbons (Fsp3) is 0.667. The highest BCUT2D eigenvalue weighted by molar-refractivity contribution is 5.27. The van der Waals surface area contributed by atoms with Crippen molar-refractivity contribution in [2.45, 2.75) is 27.7 Å². The fourth-order valence-electron chi connectivity index (χ4n) is 1.87. The third-order valence-corrected chi connectivity index (χ3v) is 3.15. The molecule has 13 heavy (non-hydrogen) atoms. The monoisotopic (exact) mass is 180 g/mol. The van der Waals surface area contributed by atoms with Crippen molar-refractivity contribution in [3.63, 3.8) is 0 Å². The summed E-state index contributed by atoms with van der Waals surface area (Å²) in [6, 6.07) is 0. The topological polar surface area (TPSA) is 20.2 Å². The second-order valence-corrected chi connectivity index (χ2v) is 4.70. The Morgan fingerprint density at radius 3 is 2.54 bits per heavy atom. The Morgan fingerprint density at radius 1 is 1.38 bits per heavy atom. The number of hydrogen-bond donors (Lipinski definition) is 1. The van der Waals surface area contributed by atoms with Crippen LogP contribution in [0.15, 0.2) is 23.8 Å². The number of aliphatic hydroxyl groups excluding tert-OH is 1.